The molecule has 2 atom stereocenters. The van der Waals surface area contributed by atoms with E-state index in [1.54, 1.807) is 18.2 Å². The highest BCUT2D eigenvalue weighted by Crippen LogP contribution is 2.26. The Hall–Kier alpha value is -0.290. The van der Waals surface area contributed by atoms with E-state index in [1.807, 2.05) is 0 Å². The predicted octanol–water partition coefficient (Wildman–Crippen LogP) is 1.71. The molecule has 0 aromatic heterocycles. The third kappa shape index (κ3) is 2.60. The first-order chi connectivity index (χ1) is 6.56. The zero-order chi connectivity index (χ0) is 10.7. The third-order valence-corrected chi connectivity index (χ3v) is 2.79. The van der Waals surface area contributed by atoms with Crippen LogP contribution < -0.4 is 5.73 Å². The van der Waals surface area contributed by atoms with Gasteiger partial charge in [0.25, 0.3) is 0 Å². The van der Waals surface area contributed by atoms with E-state index in [0.717, 1.165) is 0 Å². The molecule has 0 aliphatic rings. The van der Waals surface area contributed by atoms with Crippen LogP contribution in [0.1, 0.15) is 11.7 Å². The first kappa shape index (κ1) is 11.8. The smallest absolute Gasteiger partial charge is 0.108 e. The molecule has 5 heteroatoms. The number of halogens is 2. The number of aliphatic hydroxyl groups excluding tert-OH is 2. The van der Waals surface area contributed by atoms with Crippen LogP contribution in [0.3, 0.4) is 0 Å². The van der Waals surface area contributed by atoms with Gasteiger partial charge in [0, 0.05) is 21.6 Å². The van der Waals surface area contributed by atoms with Gasteiger partial charge in [-0.25, -0.2) is 0 Å². The molecule has 1 aromatic carbocycles. The minimum absolute atomic E-state index is 0.278. The Labute approximate surface area is 95.6 Å². The molecule has 0 heterocycles. The summed E-state index contributed by atoms with van der Waals surface area (Å²) < 4.78 is 0. The number of alkyl halides is 1. The Bertz CT molecular complexity index is 322. The highest BCUT2D eigenvalue weighted by atomic mass is 79.9. The lowest BCUT2D eigenvalue weighted by molar-refractivity contribution is 0.0347. The van der Waals surface area contributed by atoms with Crippen LogP contribution in [0.2, 0.25) is 5.02 Å². The summed E-state index contributed by atoms with van der Waals surface area (Å²) in [5, 5.41) is 19.8. The summed E-state index contributed by atoms with van der Waals surface area (Å²) in [5.74, 6) is 0. The number of nitrogens with two attached hydrogens (primary N) is 1. The molecule has 3 nitrogen and oxygen atoms in total. The maximum atomic E-state index is 9.68. The monoisotopic (exact) mass is 279 g/mol. The number of nitrogen functional groups attached to an aromatic ring is 1. The highest BCUT2D eigenvalue weighted by Gasteiger charge is 2.19. The lowest BCUT2D eigenvalue weighted by Gasteiger charge is -2.17. The van der Waals surface area contributed by atoms with E-state index >= 15 is 0 Å². The number of anilines is 1. The van der Waals surface area contributed by atoms with E-state index in [4.69, 9.17) is 17.3 Å². The van der Waals surface area contributed by atoms with Gasteiger partial charge in [-0.15, -0.1) is 0 Å². The fourth-order valence-electron chi connectivity index (χ4n) is 1.09. The summed E-state index contributed by atoms with van der Waals surface area (Å²) in [5.41, 5.74) is 6.50. The van der Waals surface area contributed by atoms with E-state index in [-0.39, 0.29) is 5.33 Å². The van der Waals surface area contributed by atoms with Crippen molar-refractivity contribution >= 4 is 33.2 Å². The van der Waals surface area contributed by atoms with Crippen LogP contribution in [0, 0.1) is 0 Å². The molecule has 0 amide bonds. The Morgan fingerprint density at radius 3 is 2.64 bits per heavy atom. The van der Waals surface area contributed by atoms with Gasteiger partial charge in [0.1, 0.15) is 6.10 Å². The Morgan fingerprint density at radius 1 is 1.43 bits per heavy atom. The first-order valence-corrected chi connectivity index (χ1v) is 5.53. The number of rotatable bonds is 3. The van der Waals surface area contributed by atoms with Gasteiger partial charge in [0.05, 0.1) is 6.10 Å². The van der Waals surface area contributed by atoms with Crippen molar-refractivity contribution in [1.29, 1.82) is 0 Å². The maximum absolute atomic E-state index is 9.68. The number of benzene rings is 1. The topological polar surface area (TPSA) is 66.5 Å². The van der Waals surface area contributed by atoms with Gasteiger partial charge in [-0.2, -0.15) is 0 Å². The fraction of sp³-hybridized carbons (Fsp3) is 0.333. The van der Waals surface area contributed by atoms with E-state index in [0.29, 0.717) is 16.3 Å². The molecule has 0 spiro atoms. The average molecular weight is 281 g/mol. The summed E-state index contributed by atoms with van der Waals surface area (Å²) in [6, 6.07) is 4.78. The summed E-state index contributed by atoms with van der Waals surface area (Å²) in [7, 11) is 0. The van der Waals surface area contributed by atoms with Crippen molar-refractivity contribution in [2.75, 3.05) is 11.1 Å². The van der Waals surface area contributed by atoms with Crippen LogP contribution in [0.25, 0.3) is 0 Å². The molecule has 0 saturated carbocycles. The molecule has 0 aliphatic heterocycles. The zero-order valence-corrected chi connectivity index (χ0v) is 9.66. The Morgan fingerprint density at radius 2 is 2.07 bits per heavy atom. The molecule has 78 valence electrons. The van der Waals surface area contributed by atoms with Gasteiger partial charge >= 0.3 is 0 Å². The normalized spacial score (nSPS) is 15.1. The van der Waals surface area contributed by atoms with Crippen LogP contribution in [0.15, 0.2) is 18.2 Å². The van der Waals surface area contributed by atoms with Gasteiger partial charge in [-0.1, -0.05) is 27.5 Å². The van der Waals surface area contributed by atoms with Crippen molar-refractivity contribution in [3.05, 3.63) is 28.8 Å². The molecule has 14 heavy (non-hydrogen) atoms. The standard InChI is InChI=1S/C9H11BrClNO2/c10-4-8(13)9(14)6-3-5(11)1-2-7(6)12/h1-3,8-9,13-14H,4,12H2. The lowest BCUT2D eigenvalue weighted by atomic mass is 10.0. The van der Waals surface area contributed by atoms with Crippen molar-refractivity contribution in [3.63, 3.8) is 0 Å². The van der Waals surface area contributed by atoms with Crippen molar-refractivity contribution < 1.29 is 10.2 Å². The van der Waals surface area contributed by atoms with Crippen LogP contribution in [0.5, 0.6) is 0 Å². The molecule has 2 unspecified atom stereocenters. The lowest BCUT2D eigenvalue weighted by Crippen LogP contribution is -2.20. The minimum Gasteiger partial charge on any atom is -0.398 e. The molecule has 0 aliphatic carbocycles. The average Bonchev–Trinajstić information content (AvgIpc) is 2.19. The molecular formula is C9H11BrClNO2. The number of hydrogen-bond acceptors (Lipinski definition) is 3. The van der Waals surface area contributed by atoms with Crippen LogP contribution in [0.4, 0.5) is 5.69 Å². The molecule has 4 N–H and O–H groups in total. The van der Waals surface area contributed by atoms with Crippen molar-refractivity contribution in [2.24, 2.45) is 0 Å². The van der Waals surface area contributed by atoms with Gasteiger partial charge < -0.3 is 15.9 Å². The number of hydrogen-bond donors (Lipinski definition) is 3. The second-order valence-corrected chi connectivity index (χ2v) is 4.02. The van der Waals surface area contributed by atoms with Crippen molar-refractivity contribution in [1.82, 2.24) is 0 Å². The summed E-state index contributed by atoms with van der Waals surface area (Å²) in [6.45, 7) is 0. The minimum atomic E-state index is -1.02. The van der Waals surface area contributed by atoms with Gasteiger partial charge in [-0.3, -0.25) is 0 Å². The second kappa shape index (κ2) is 4.98. The van der Waals surface area contributed by atoms with Crippen molar-refractivity contribution in [3.8, 4) is 0 Å². The van der Waals surface area contributed by atoms with E-state index in [9.17, 15) is 10.2 Å². The fourth-order valence-corrected chi connectivity index (χ4v) is 1.63. The van der Waals surface area contributed by atoms with Crippen molar-refractivity contribution in [2.45, 2.75) is 12.2 Å². The van der Waals surface area contributed by atoms with Crippen LogP contribution in [-0.4, -0.2) is 21.6 Å². The summed E-state index contributed by atoms with van der Waals surface area (Å²) in [6.07, 6.45) is -1.91. The van der Waals surface area contributed by atoms with E-state index in [1.165, 1.54) is 0 Å². The predicted molar refractivity (Wildman–Crippen MR) is 60.6 cm³/mol. The highest BCUT2D eigenvalue weighted by molar-refractivity contribution is 9.09. The van der Waals surface area contributed by atoms with E-state index in [2.05, 4.69) is 15.9 Å². The maximum Gasteiger partial charge on any atom is 0.108 e. The Kier molecular flexibility index (Phi) is 4.19. The molecular weight excluding hydrogens is 269 g/mol. The zero-order valence-electron chi connectivity index (χ0n) is 7.32. The molecule has 0 saturated heterocycles. The number of aliphatic hydroxyl groups is 2. The Balaban J connectivity index is 2.99. The quantitative estimate of drug-likeness (QED) is 0.583. The molecule has 0 fully saturated rings. The van der Waals surface area contributed by atoms with Crippen LogP contribution in [-0.2, 0) is 0 Å². The third-order valence-electron chi connectivity index (χ3n) is 1.89. The van der Waals surface area contributed by atoms with E-state index < -0.39 is 12.2 Å². The molecule has 0 bridgehead atoms. The van der Waals surface area contributed by atoms with Gasteiger partial charge in [0.2, 0.25) is 0 Å². The van der Waals surface area contributed by atoms with Crippen LogP contribution >= 0.6 is 27.5 Å². The molecule has 1 rings (SSSR count). The summed E-state index contributed by atoms with van der Waals surface area (Å²) >= 11 is 8.82. The second-order valence-electron chi connectivity index (χ2n) is 2.94. The SMILES string of the molecule is Nc1ccc(Cl)cc1C(O)C(O)CBr. The van der Waals surface area contributed by atoms with Gasteiger partial charge in [-0.05, 0) is 18.2 Å². The first-order valence-electron chi connectivity index (χ1n) is 4.03. The molecule has 1 aromatic rings. The largest absolute Gasteiger partial charge is 0.398 e. The van der Waals surface area contributed by atoms with Gasteiger partial charge in [0.15, 0.2) is 0 Å². The molecule has 0 radical (unpaired) electrons. The summed E-state index contributed by atoms with van der Waals surface area (Å²) in [4.78, 5) is 0.